The topological polar surface area (TPSA) is 96.0 Å². The first-order valence-corrected chi connectivity index (χ1v) is 11.9. The van der Waals surface area contributed by atoms with Crippen LogP contribution in [0, 0.1) is 0 Å². The molecular formula is C25H23BrN6O2. The first-order chi connectivity index (χ1) is 16.6. The number of carbonyl (C=O) groups is 1. The van der Waals surface area contributed by atoms with E-state index in [4.69, 9.17) is 0 Å². The molecule has 1 aliphatic heterocycles. The number of hydrogen-bond donors (Lipinski definition) is 1. The molecule has 1 N–H and O–H groups in total. The summed E-state index contributed by atoms with van der Waals surface area (Å²) in [6, 6.07) is 13.2. The zero-order chi connectivity index (χ0) is 23.5. The Morgan fingerprint density at radius 2 is 1.97 bits per heavy atom. The van der Waals surface area contributed by atoms with E-state index in [-0.39, 0.29) is 17.6 Å². The van der Waals surface area contributed by atoms with Crippen molar-refractivity contribution in [3.63, 3.8) is 0 Å². The number of amides is 1. The van der Waals surface area contributed by atoms with E-state index in [2.05, 4.69) is 47.1 Å². The van der Waals surface area contributed by atoms with E-state index in [0.717, 1.165) is 35.8 Å². The summed E-state index contributed by atoms with van der Waals surface area (Å²) in [5.41, 5.74) is 2.65. The number of hydrogen-bond acceptors (Lipinski definition) is 6. The van der Waals surface area contributed by atoms with Crippen LogP contribution in [0.1, 0.15) is 41.2 Å². The van der Waals surface area contributed by atoms with Crippen LogP contribution in [0.4, 0.5) is 5.69 Å². The Bertz CT molecular complexity index is 1340. The largest absolute Gasteiger partial charge is 0.493 e. The highest BCUT2D eigenvalue weighted by Gasteiger charge is 2.27. The van der Waals surface area contributed by atoms with Gasteiger partial charge in [0, 0.05) is 52.8 Å². The summed E-state index contributed by atoms with van der Waals surface area (Å²) in [5.74, 6) is -0.514. The third-order valence-electron chi connectivity index (χ3n) is 6.15. The maximum atomic E-state index is 12.5. The first-order valence-electron chi connectivity index (χ1n) is 11.1. The Hall–Kier alpha value is -3.43. The highest BCUT2D eigenvalue weighted by atomic mass is 79.9. The van der Waals surface area contributed by atoms with Crippen LogP contribution < -0.4 is 0 Å². The van der Waals surface area contributed by atoms with Gasteiger partial charge in [-0.2, -0.15) is 0 Å². The molecule has 0 spiro atoms. The molecule has 4 aromatic rings. The van der Waals surface area contributed by atoms with Crippen molar-refractivity contribution >= 4 is 38.4 Å². The second kappa shape index (κ2) is 9.82. The molecule has 9 heteroatoms. The number of pyridine rings is 2. The van der Waals surface area contributed by atoms with Crippen molar-refractivity contribution in [1.29, 1.82) is 0 Å². The number of rotatable bonds is 5. The molecule has 1 fully saturated rings. The van der Waals surface area contributed by atoms with Gasteiger partial charge < -0.3 is 5.11 Å². The molecule has 1 atom stereocenters. The Kier molecular flexibility index (Phi) is 6.46. The number of nitrogens with zero attached hydrogens (tertiary/aromatic N) is 6. The number of azo groups is 1. The third-order valence-corrected chi connectivity index (χ3v) is 6.64. The van der Waals surface area contributed by atoms with Crippen molar-refractivity contribution in [3.8, 4) is 5.88 Å². The van der Waals surface area contributed by atoms with Gasteiger partial charge in [0.2, 0.25) is 5.88 Å². The van der Waals surface area contributed by atoms with E-state index in [9.17, 15) is 9.90 Å². The van der Waals surface area contributed by atoms with Gasteiger partial charge in [-0.1, -0.05) is 28.4 Å². The van der Waals surface area contributed by atoms with Crippen molar-refractivity contribution in [3.05, 3.63) is 82.9 Å². The van der Waals surface area contributed by atoms with Crippen LogP contribution >= 0.6 is 15.9 Å². The van der Waals surface area contributed by atoms with E-state index in [1.54, 1.807) is 18.3 Å². The van der Waals surface area contributed by atoms with Gasteiger partial charge in [0.25, 0.3) is 5.91 Å². The summed E-state index contributed by atoms with van der Waals surface area (Å²) in [4.78, 5) is 23.0. The number of piperidine rings is 1. The van der Waals surface area contributed by atoms with Gasteiger partial charge in [0.15, 0.2) is 5.69 Å². The summed E-state index contributed by atoms with van der Waals surface area (Å²) in [6.07, 6.45) is 10.0. The van der Waals surface area contributed by atoms with Crippen LogP contribution in [0.2, 0.25) is 0 Å². The number of benzene rings is 1. The standard InChI is InChI=1S/C25H23BrN6O2/c26-19-6-7-22-20(14-19)23(29-30-24(33)17-8-11-27-12-9-17)25(34)32(22)16-31-13-2-1-5-21(31)18-4-3-10-28-15-18/h3-4,6-12,14-15,21,34H,1-2,5,13,16H2/t21-/m1/s1. The maximum Gasteiger partial charge on any atom is 0.295 e. The fourth-order valence-electron chi connectivity index (χ4n) is 4.48. The predicted octanol–water partition coefficient (Wildman–Crippen LogP) is 6.01. The molecule has 0 bridgehead atoms. The van der Waals surface area contributed by atoms with Gasteiger partial charge in [-0.25, -0.2) is 0 Å². The van der Waals surface area contributed by atoms with Crippen LogP contribution in [0.25, 0.3) is 10.9 Å². The lowest BCUT2D eigenvalue weighted by atomic mass is 9.97. The smallest absolute Gasteiger partial charge is 0.295 e. The second-order valence-corrected chi connectivity index (χ2v) is 9.17. The zero-order valence-corrected chi connectivity index (χ0v) is 20.0. The normalized spacial score (nSPS) is 16.9. The van der Waals surface area contributed by atoms with Crippen molar-refractivity contribution in [2.75, 3.05) is 6.54 Å². The molecule has 34 heavy (non-hydrogen) atoms. The van der Waals surface area contributed by atoms with Crippen molar-refractivity contribution < 1.29 is 9.90 Å². The molecule has 0 saturated carbocycles. The minimum Gasteiger partial charge on any atom is -0.493 e. The number of halogens is 1. The average molecular weight is 519 g/mol. The molecule has 0 aliphatic carbocycles. The molecule has 1 aliphatic rings. The molecule has 1 aromatic carbocycles. The summed E-state index contributed by atoms with van der Waals surface area (Å²) >= 11 is 3.50. The maximum absolute atomic E-state index is 12.5. The second-order valence-electron chi connectivity index (χ2n) is 8.25. The number of carbonyl (C=O) groups excluding carboxylic acids is 1. The average Bonchev–Trinajstić information content (AvgIpc) is 3.13. The van der Waals surface area contributed by atoms with Crippen molar-refractivity contribution in [2.24, 2.45) is 10.2 Å². The Balaban J connectivity index is 1.51. The number of fused-ring (bicyclic) bond motifs is 1. The predicted molar refractivity (Wildman–Crippen MR) is 132 cm³/mol. The van der Waals surface area contributed by atoms with E-state index in [0.29, 0.717) is 17.6 Å². The Morgan fingerprint density at radius 3 is 2.76 bits per heavy atom. The van der Waals surface area contributed by atoms with E-state index in [1.165, 1.54) is 18.0 Å². The zero-order valence-electron chi connectivity index (χ0n) is 18.4. The van der Waals surface area contributed by atoms with Crippen LogP contribution in [0.5, 0.6) is 5.88 Å². The van der Waals surface area contributed by atoms with Gasteiger partial charge in [0.05, 0.1) is 12.2 Å². The van der Waals surface area contributed by atoms with Crippen LogP contribution in [0.15, 0.2) is 82.0 Å². The summed E-state index contributed by atoms with van der Waals surface area (Å²) < 4.78 is 2.68. The molecule has 172 valence electrons. The number of aromatic hydroxyl groups is 1. The molecule has 1 amide bonds. The number of aromatic nitrogens is 3. The van der Waals surface area contributed by atoms with Gasteiger partial charge in [-0.15, -0.1) is 10.2 Å². The minimum atomic E-state index is -0.495. The molecule has 3 aromatic heterocycles. The molecular weight excluding hydrogens is 496 g/mol. The van der Waals surface area contributed by atoms with Crippen LogP contribution in [0.3, 0.4) is 0 Å². The van der Waals surface area contributed by atoms with E-state index < -0.39 is 5.91 Å². The summed E-state index contributed by atoms with van der Waals surface area (Å²) in [6.45, 7) is 1.39. The van der Waals surface area contributed by atoms with Crippen LogP contribution in [-0.2, 0) is 6.67 Å². The third kappa shape index (κ3) is 4.49. The van der Waals surface area contributed by atoms with Gasteiger partial charge in [-0.3, -0.25) is 24.2 Å². The molecule has 0 radical (unpaired) electrons. The van der Waals surface area contributed by atoms with Gasteiger partial charge >= 0.3 is 0 Å². The minimum absolute atomic E-state index is 0.0186. The first kappa shape index (κ1) is 22.4. The lowest BCUT2D eigenvalue weighted by Gasteiger charge is -2.36. The SMILES string of the molecule is O=C(N=Nc1c(O)n(CN2CCCC[C@@H]2c2cccnc2)c2ccc(Br)cc12)c1ccncc1. The monoisotopic (exact) mass is 518 g/mol. The van der Waals surface area contributed by atoms with E-state index in [1.807, 2.05) is 35.0 Å². The number of likely N-dealkylation sites (tertiary alicyclic amines) is 1. The molecule has 0 unspecified atom stereocenters. The Morgan fingerprint density at radius 1 is 1.12 bits per heavy atom. The van der Waals surface area contributed by atoms with Gasteiger partial charge in [-0.05, 0) is 54.8 Å². The molecule has 5 rings (SSSR count). The molecule has 8 nitrogen and oxygen atoms in total. The Labute approximate surface area is 205 Å². The highest BCUT2D eigenvalue weighted by molar-refractivity contribution is 9.10. The quantitative estimate of drug-likeness (QED) is 0.326. The highest BCUT2D eigenvalue weighted by Crippen LogP contribution is 2.41. The fraction of sp³-hybridized carbons (Fsp3) is 0.240. The van der Waals surface area contributed by atoms with Crippen LogP contribution in [-0.4, -0.2) is 37.0 Å². The van der Waals surface area contributed by atoms with E-state index >= 15 is 0 Å². The molecule has 1 saturated heterocycles. The van der Waals surface area contributed by atoms with Crippen molar-refractivity contribution in [2.45, 2.75) is 32.0 Å². The fourth-order valence-corrected chi connectivity index (χ4v) is 4.84. The lowest BCUT2D eigenvalue weighted by Crippen LogP contribution is -2.34. The molecule has 4 heterocycles. The lowest BCUT2D eigenvalue weighted by molar-refractivity contribution is 0.0995. The summed E-state index contributed by atoms with van der Waals surface area (Å²) in [7, 11) is 0. The summed E-state index contributed by atoms with van der Waals surface area (Å²) in [5, 5.41) is 20.0. The van der Waals surface area contributed by atoms with Gasteiger partial charge in [0.1, 0.15) is 0 Å². The van der Waals surface area contributed by atoms with Crippen molar-refractivity contribution in [1.82, 2.24) is 19.4 Å².